The highest BCUT2D eigenvalue weighted by Crippen LogP contribution is 2.41. The third kappa shape index (κ3) is 3.68. The van der Waals surface area contributed by atoms with Gasteiger partial charge in [-0.2, -0.15) is 0 Å². The van der Waals surface area contributed by atoms with Crippen LogP contribution in [0.3, 0.4) is 0 Å². The fraction of sp³-hybridized carbons (Fsp3) is 0.500. The number of carbonyl (C=O) groups is 4. The Labute approximate surface area is 162 Å². The van der Waals surface area contributed by atoms with Crippen LogP contribution in [-0.4, -0.2) is 84.5 Å². The van der Waals surface area contributed by atoms with Gasteiger partial charge in [0.25, 0.3) is 5.91 Å². The van der Waals surface area contributed by atoms with Crippen LogP contribution in [0.4, 0.5) is 0 Å². The van der Waals surface area contributed by atoms with E-state index in [2.05, 4.69) is 20.8 Å². The number of aromatic nitrogens is 4. The molecule has 1 aromatic rings. The molecule has 28 heavy (non-hydrogen) atoms. The van der Waals surface area contributed by atoms with Gasteiger partial charge in [0, 0.05) is 25.4 Å². The van der Waals surface area contributed by atoms with E-state index in [1.165, 1.54) is 29.9 Å². The summed E-state index contributed by atoms with van der Waals surface area (Å²) in [6.45, 7) is 0.982. The number of amides is 2. The minimum absolute atomic E-state index is 0.140. The molecule has 2 aliphatic heterocycles. The summed E-state index contributed by atoms with van der Waals surface area (Å²) in [4.78, 5) is 48.7. The minimum Gasteiger partial charge on any atom is -0.477 e. The Hall–Kier alpha value is -3.00. The smallest absolute Gasteiger partial charge is 0.352 e. The maximum atomic E-state index is 12.5. The van der Waals surface area contributed by atoms with E-state index in [1.54, 1.807) is 0 Å². The number of tetrazole rings is 1. The summed E-state index contributed by atoms with van der Waals surface area (Å²) in [5.74, 6) is -2.95. The number of fused-ring (bicyclic) bond motifs is 1. The molecule has 14 heteroatoms. The van der Waals surface area contributed by atoms with E-state index in [9.17, 15) is 24.3 Å². The van der Waals surface area contributed by atoms with E-state index >= 15 is 0 Å². The third-order valence-corrected chi connectivity index (χ3v) is 5.29. The number of carbonyl (C=O) groups excluding carboxylic acids is 3. The summed E-state index contributed by atoms with van der Waals surface area (Å²) in [6.07, 6.45) is 0.0275. The molecule has 3 heterocycles. The number of thioether (sulfide) groups is 1. The highest BCUT2D eigenvalue weighted by Gasteiger charge is 2.55. The summed E-state index contributed by atoms with van der Waals surface area (Å²) < 4.78 is 11.2. The second-order valence-corrected chi connectivity index (χ2v) is 6.92. The number of methoxy groups -OCH3 is 1. The van der Waals surface area contributed by atoms with Crippen LogP contribution < -0.4 is 5.32 Å². The zero-order chi connectivity index (χ0) is 20.4. The minimum atomic E-state index is -1.36. The van der Waals surface area contributed by atoms with Gasteiger partial charge in [0.1, 0.15) is 30.0 Å². The lowest BCUT2D eigenvalue weighted by Crippen LogP contribution is -2.71. The maximum absolute atomic E-state index is 12.5. The largest absolute Gasteiger partial charge is 0.477 e. The molecular formula is C14H16N6O7S. The molecule has 1 saturated heterocycles. The van der Waals surface area contributed by atoms with Crippen LogP contribution in [0.5, 0.6) is 0 Å². The van der Waals surface area contributed by atoms with Crippen molar-refractivity contribution in [3.8, 4) is 0 Å². The van der Waals surface area contributed by atoms with E-state index in [1.807, 2.05) is 0 Å². The Morgan fingerprint density at radius 2 is 2.21 bits per heavy atom. The average Bonchev–Trinajstić information content (AvgIpc) is 3.15. The van der Waals surface area contributed by atoms with Crippen molar-refractivity contribution < 1.29 is 33.8 Å². The fourth-order valence-corrected chi connectivity index (χ4v) is 4.21. The second-order valence-electron chi connectivity index (χ2n) is 5.82. The van der Waals surface area contributed by atoms with E-state index in [4.69, 9.17) is 9.47 Å². The number of aliphatic carboxylic acids is 1. The second kappa shape index (κ2) is 7.93. The molecule has 0 saturated carbocycles. The van der Waals surface area contributed by atoms with E-state index in [-0.39, 0.29) is 23.6 Å². The van der Waals surface area contributed by atoms with Crippen molar-refractivity contribution in [2.24, 2.45) is 0 Å². The molecule has 0 aromatic carbocycles. The summed E-state index contributed by atoms with van der Waals surface area (Å²) in [6, 6.07) is -0.889. The van der Waals surface area contributed by atoms with Gasteiger partial charge in [-0.1, -0.05) is 0 Å². The molecule has 3 rings (SSSR count). The monoisotopic (exact) mass is 412 g/mol. The molecule has 0 bridgehead atoms. The third-order valence-electron chi connectivity index (χ3n) is 3.99. The van der Waals surface area contributed by atoms with Gasteiger partial charge in [0.15, 0.2) is 0 Å². The van der Waals surface area contributed by atoms with Gasteiger partial charge in [0.2, 0.25) is 12.2 Å². The SMILES string of the molecule is COC(OC(C)=O)C1=C(C(=O)O)N2C(=O)[C@H](NC(=O)Cn3cnnn3)[C@H]2SC1. The first kappa shape index (κ1) is 19.8. The van der Waals surface area contributed by atoms with E-state index < -0.39 is 41.5 Å². The number of esters is 1. The van der Waals surface area contributed by atoms with Crippen molar-refractivity contribution in [3.05, 3.63) is 17.6 Å². The number of rotatable bonds is 7. The maximum Gasteiger partial charge on any atom is 0.352 e. The van der Waals surface area contributed by atoms with Crippen molar-refractivity contribution in [1.82, 2.24) is 30.4 Å². The van der Waals surface area contributed by atoms with Crippen LogP contribution >= 0.6 is 11.8 Å². The predicted octanol–water partition coefficient (Wildman–Crippen LogP) is -2.05. The molecule has 3 atom stereocenters. The Balaban J connectivity index is 1.76. The molecule has 2 aliphatic rings. The molecule has 0 aliphatic carbocycles. The molecule has 1 aromatic heterocycles. The molecular weight excluding hydrogens is 396 g/mol. The zero-order valence-corrected chi connectivity index (χ0v) is 15.6. The topological polar surface area (TPSA) is 166 Å². The Morgan fingerprint density at radius 1 is 1.46 bits per heavy atom. The number of hydrogen-bond acceptors (Lipinski definition) is 10. The number of ether oxygens (including phenoxy) is 2. The molecule has 13 nitrogen and oxygen atoms in total. The lowest BCUT2D eigenvalue weighted by molar-refractivity contribution is -0.165. The van der Waals surface area contributed by atoms with Crippen molar-refractivity contribution in [3.63, 3.8) is 0 Å². The van der Waals surface area contributed by atoms with Crippen molar-refractivity contribution in [2.45, 2.75) is 31.2 Å². The molecule has 150 valence electrons. The lowest BCUT2D eigenvalue weighted by atomic mass is 10.0. The fourth-order valence-electron chi connectivity index (χ4n) is 2.85. The standard InChI is InChI=1S/C14H16N6O7S/c1-6(21)27-14(26-2)7-4-28-12-9(11(23)20(12)10(7)13(24)25)16-8(22)3-19-5-15-17-18-19/h5,9,12,14H,3-4H2,1-2H3,(H,16,22)(H,24,25)/t9-,12+,14?/m0/s1. The average molecular weight is 412 g/mol. The van der Waals surface area contributed by atoms with Gasteiger partial charge in [-0.3, -0.25) is 19.3 Å². The molecule has 1 unspecified atom stereocenters. The highest BCUT2D eigenvalue weighted by molar-refractivity contribution is 8.00. The van der Waals surface area contributed by atoms with Crippen LogP contribution in [0.2, 0.25) is 0 Å². The first-order valence-electron chi connectivity index (χ1n) is 7.94. The van der Waals surface area contributed by atoms with Gasteiger partial charge in [-0.05, 0) is 10.4 Å². The van der Waals surface area contributed by atoms with Crippen LogP contribution in [0, 0.1) is 0 Å². The number of nitrogens with zero attached hydrogens (tertiary/aromatic N) is 5. The quantitative estimate of drug-likeness (QED) is 0.287. The van der Waals surface area contributed by atoms with E-state index in [0.29, 0.717) is 0 Å². The van der Waals surface area contributed by atoms with E-state index in [0.717, 1.165) is 11.8 Å². The van der Waals surface area contributed by atoms with Crippen LogP contribution in [0.15, 0.2) is 17.6 Å². The molecule has 0 spiro atoms. The number of carboxylic acids is 1. The summed E-state index contributed by atoms with van der Waals surface area (Å²) in [5.41, 5.74) is -0.161. The van der Waals surface area contributed by atoms with Crippen molar-refractivity contribution >= 4 is 35.5 Å². The van der Waals surface area contributed by atoms with Gasteiger partial charge in [0.05, 0.1) is 0 Å². The Kier molecular flexibility index (Phi) is 5.60. The molecule has 2 N–H and O–H groups in total. The number of hydrogen-bond donors (Lipinski definition) is 2. The number of nitrogens with one attached hydrogen (secondary N) is 1. The Bertz CT molecular complexity index is 841. The van der Waals surface area contributed by atoms with Crippen LogP contribution in [0.25, 0.3) is 0 Å². The van der Waals surface area contributed by atoms with Gasteiger partial charge in [-0.25, -0.2) is 9.48 Å². The van der Waals surface area contributed by atoms with Gasteiger partial charge in [-0.15, -0.1) is 16.9 Å². The molecule has 1 fully saturated rings. The summed E-state index contributed by atoms with van der Waals surface area (Å²) in [5, 5.41) is 21.9. The lowest BCUT2D eigenvalue weighted by Gasteiger charge is -2.49. The van der Waals surface area contributed by atoms with Crippen molar-refractivity contribution in [1.29, 1.82) is 0 Å². The Morgan fingerprint density at radius 3 is 2.79 bits per heavy atom. The van der Waals surface area contributed by atoms with Gasteiger partial charge >= 0.3 is 11.9 Å². The van der Waals surface area contributed by atoms with Crippen molar-refractivity contribution in [2.75, 3.05) is 12.9 Å². The van der Waals surface area contributed by atoms with Crippen LogP contribution in [0.1, 0.15) is 6.92 Å². The highest BCUT2D eigenvalue weighted by atomic mass is 32.2. The zero-order valence-electron chi connectivity index (χ0n) is 14.8. The molecule has 0 radical (unpaired) electrons. The predicted molar refractivity (Wildman–Crippen MR) is 90.1 cm³/mol. The first-order valence-corrected chi connectivity index (χ1v) is 8.99. The summed E-state index contributed by atoms with van der Waals surface area (Å²) in [7, 11) is 1.26. The number of β-lactam (4-membered cyclic amide) rings is 1. The normalized spacial score (nSPS) is 22.2. The van der Waals surface area contributed by atoms with Gasteiger partial charge < -0.3 is 19.9 Å². The number of carboxylic acid groups (broad SMARTS) is 1. The first-order chi connectivity index (χ1) is 13.3. The molecule has 2 amide bonds. The summed E-state index contributed by atoms with van der Waals surface area (Å²) >= 11 is 1.23. The van der Waals surface area contributed by atoms with Crippen LogP contribution in [-0.2, 0) is 35.2 Å².